The molecule has 0 bridgehead atoms. The van der Waals surface area contributed by atoms with Crippen molar-refractivity contribution in [1.82, 2.24) is 0 Å². The van der Waals surface area contributed by atoms with E-state index in [0.717, 1.165) is 5.57 Å². The molecule has 37 heavy (non-hydrogen) atoms. The molecule has 6 heteroatoms. The first-order valence-electron chi connectivity index (χ1n) is 11.5. The number of allylic oxidation sites excluding steroid dienone is 18. The predicted octanol–water partition coefficient (Wildman–Crippen LogP) is 7.98. The van der Waals surface area contributed by atoms with Crippen LogP contribution in [0.15, 0.2) is 143 Å². The monoisotopic (exact) mass is 522 g/mol. The molecule has 0 aromatic heterocycles. The minimum atomic E-state index is -3.73. The van der Waals surface area contributed by atoms with Crippen molar-refractivity contribution in [2.45, 2.75) is 41.5 Å². The molecule has 1 N–H and O–H groups in total. The fourth-order valence-electron chi connectivity index (χ4n) is 2.59. The van der Waals surface area contributed by atoms with Crippen molar-refractivity contribution in [2.24, 2.45) is 0 Å². The van der Waals surface area contributed by atoms with Crippen molar-refractivity contribution in [3.63, 3.8) is 0 Å². The third kappa shape index (κ3) is 11.1. The quantitative estimate of drug-likeness (QED) is 0.142. The zero-order valence-electron chi connectivity index (χ0n) is 22.6. The Morgan fingerprint density at radius 2 is 1.46 bits per heavy atom. The number of aliphatic hydroxyl groups is 1. The zero-order valence-corrected chi connectivity index (χ0v) is 23.4. The Labute approximate surface area is 222 Å². The zero-order chi connectivity index (χ0) is 28.6. The Morgan fingerprint density at radius 1 is 0.811 bits per heavy atom. The number of hydrogen-bond acceptors (Lipinski definition) is 5. The highest BCUT2D eigenvalue weighted by Gasteiger charge is 2.17. The summed E-state index contributed by atoms with van der Waals surface area (Å²) in [5.41, 5.74) is 1.39. The number of carbonyl (C=O) groups is 1. The van der Waals surface area contributed by atoms with Gasteiger partial charge in [0.2, 0.25) is 9.84 Å². The lowest BCUT2D eigenvalue weighted by Gasteiger charge is -2.08. The van der Waals surface area contributed by atoms with Crippen LogP contribution in [0.4, 0.5) is 0 Å². The Bertz CT molecular complexity index is 1270. The first-order valence-corrected chi connectivity index (χ1v) is 13.0. The summed E-state index contributed by atoms with van der Waals surface area (Å²) in [6.07, 6.45) is 19.9. The van der Waals surface area contributed by atoms with Crippen molar-refractivity contribution in [2.75, 3.05) is 0 Å². The number of hydrogen-bond donors (Lipinski definition) is 1. The molecule has 0 atom stereocenters. The number of sulfone groups is 1. The van der Waals surface area contributed by atoms with Crippen LogP contribution in [0.1, 0.15) is 41.5 Å². The highest BCUT2D eigenvalue weighted by atomic mass is 32.2. The van der Waals surface area contributed by atoms with E-state index in [1.165, 1.54) is 43.4 Å². The molecule has 0 amide bonds. The van der Waals surface area contributed by atoms with Gasteiger partial charge in [0.15, 0.2) is 5.78 Å². The van der Waals surface area contributed by atoms with Crippen LogP contribution in [-0.2, 0) is 19.4 Å². The molecule has 0 rings (SSSR count). The summed E-state index contributed by atoms with van der Waals surface area (Å²) in [5.74, 6) is 0.272. The van der Waals surface area contributed by atoms with Crippen LogP contribution in [0.2, 0.25) is 0 Å². The van der Waals surface area contributed by atoms with Crippen LogP contribution in [0.3, 0.4) is 0 Å². The van der Waals surface area contributed by atoms with E-state index in [1.807, 2.05) is 6.92 Å². The topological polar surface area (TPSA) is 80.7 Å². The Balaban J connectivity index is 5.91. The fraction of sp³-hybridized carbons (Fsp3) is 0.194. The Kier molecular flexibility index (Phi) is 15.0. The van der Waals surface area contributed by atoms with Crippen LogP contribution >= 0.6 is 0 Å². The molecule has 0 aliphatic carbocycles. The third-order valence-electron chi connectivity index (χ3n) is 4.91. The van der Waals surface area contributed by atoms with Gasteiger partial charge in [-0.2, -0.15) is 0 Å². The number of ether oxygens (including phenoxy) is 1. The maximum Gasteiger partial charge on any atom is 0.202 e. The summed E-state index contributed by atoms with van der Waals surface area (Å²) < 4.78 is 31.4. The van der Waals surface area contributed by atoms with Gasteiger partial charge in [-0.25, -0.2) is 8.42 Å². The van der Waals surface area contributed by atoms with Gasteiger partial charge < -0.3 is 9.84 Å². The molecular weight excluding hydrogens is 484 g/mol. The van der Waals surface area contributed by atoms with Gasteiger partial charge in [-0.05, 0) is 83.6 Å². The van der Waals surface area contributed by atoms with Crippen LogP contribution in [0.5, 0.6) is 0 Å². The van der Waals surface area contributed by atoms with E-state index in [-0.39, 0.29) is 26.9 Å². The van der Waals surface area contributed by atoms with Crippen LogP contribution in [-0.4, -0.2) is 19.3 Å². The summed E-state index contributed by atoms with van der Waals surface area (Å²) in [4.78, 5) is 12.9. The van der Waals surface area contributed by atoms with Crippen molar-refractivity contribution >= 4 is 15.6 Å². The molecule has 0 unspecified atom stereocenters. The van der Waals surface area contributed by atoms with E-state index in [2.05, 4.69) is 19.7 Å². The minimum absolute atomic E-state index is 0.0176. The second-order valence-corrected chi connectivity index (χ2v) is 9.90. The lowest BCUT2D eigenvalue weighted by atomic mass is 10.0. The van der Waals surface area contributed by atoms with Crippen molar-refractivity contribution in [3.05, 3.63) is 143 Å². The molecular formula is C31H38O5S. The van der Waals surface area contributed by atoms with Crippen LogP contribution in [0.25, 0.3) is 0 Å². The summed E-state index contributed by atoms with van der Waals surface area (Å²) in [6, 6.07) is 0. The summed E-state index contributed by atoms with van der Waals surface area (Å²) in [6.45, 7) is 21.1. The van der Waals surface area contributed by atoms with E-state index in [1.54, 1.807) is 70.2 Å². The van der Waals surface area contributed by atoms with Crippen molar-refractivity contribution in [1.29, 1.82) is 0 Å². The number of aliphatic hydroxyl groups excluding tert-OH is 1. The highest BCUT2D eigenvalue weighted by Crippen LogP contribution is 2.20. The molecule has 0 heterocycles. The normalized spacial score (nSPS) is 15.6. The maximum absolute atomic E-state index is 12.9. The van der Waals surface area contributed by atoms with Crippen molar-refractivity contribution in [3.8, 4) is 0 Å². The molecule has 0 fully saturated rings. The first kappa shape index (κ1) is 33.1. The van der Waals surface area contributed by atoms with Crippen molar-refractivity contribution < 1.29 is 23.1 Å². The van der Waals surface area contributed by atoms with E-state index in [9.17, 15) is 18.3 Å². The molecule has 198 valence electrons. The highest BCUT2D eigenvalue weighted by molar-refractivity contribution is 7.99. The first-order chi connectivity index (χ1) is 17.4. The number of carbonyl (C=O) groups excluding carboxylic acids is 1. The van der Waals surface area contributed by atoms with Crippen LogP contribution < -0.4 is 0 Å². The number of rotatable bonds is 14. The largest absolute Gasteiger partial charge is 0.507 e. The summed E-state index contributed by atoms with van der Waals surface area (Å²) >= 11 is 0. The van der Waals surface area contributed by atoms with E-state index in [4.69, 9.17) is 4.74 Å². The van der Waals surface area contributed by atoms with Gasteiger partial charge in [-0.3, -0.25) is 4.79 Å². The van der Waals surface area contributed by atoms with Gasteiger partial charge in [0.1, 0.15) is 17.3 Å². The fourth-order valence-corrected chi connectivity index (χ4v) is 3.68. The molecule has 0 aromatic rings. The lowest BCUT2D eigenvalue weighted by molar-refractivity contribution is -0.112. The van der Waals surface area contributed by atoms with Gasteiger partial charge in [0.05, 0.1) is 10.5 Å². The average Bonchev–Trinajstić information content (AvgIpc) is 2.88. The Morgan fingerprint density at radius 3 is 1.97 bits per heavy atom. The number of Topliss-reactive ketones (excluding diaryl/α,β-unsaturated/α-hetero) is 1. The molecule has 5 nitrogen and oxygen atoms in total. The summed E-state index contributed by atoms with van der Waals surface area (Å²) in [5, 5.41) is 10.1. The average molecular weight is 523 g/mol. The lowest BCUT2D eigenvalue weighted by Crippen LogP contribution is -2.06. The Hall–Kier alpha value is -3.90. The van der Waals surface area contributed by atoms with Gasteiger partial charge in [0, 0.05) is 4.91 Å². The van der Waals surface area contributed by atoms with Gasteiger partial charge >= 0.3 is 0 Å². The van der Waals surface area contributed by atoms with Gasteiger partial charge in [-0.15, -0.1) is 0 Å². The predicted molar refractivity (Wildman–Crippen MR) is 156 cm³/mol. The molecule has 0 aliphatic rings. The second kappa shape index (κ2) is 16.7. The molecule has 0 aliphatic heterocycles. The molecule has 0 spiro atoms. The van der Waals surface area contributed by atoms with E-state index < -0.39 is 9.84 Å². The second-order valence-electron chi connectivity index (χ2n) is 7.78. The van der Waals surface area contributed by atoms with Crippen LogP contribution in [0, 0.1) is 0 Å². The molecule has 0 radical (unpaired) electrons. The van der Waals surface area contributed by atoms with E-state index >= 15 is 0 Å². The van der Waals surface area contributed by atoms with Gasteiger partial charge in [-0.1, -0.05) is 67.8 Å². The standard InChI is InChI=1S/C31H38O5S/c1-10-15-16-30(32)29(14-5)31(33)24(7)18-21-27(12-3)36-25(8)19-22-28(13-4)37(34,35)26(9)20-17-23(6)11-2/h10-22,32H,2-4H2,1,5-9H3/b15-10-,23-17-,24-18+,25-19+,26-20+,27-21+,28-22+,29-14+,30-16+. The number of ketones is 1. The minimum Gasteiger partial charge on any atom is -0.507 e. The summed E-state index contributed by atoms with van der Waals surface area (Å²) in [7, 11) is -3.73. The SMILES string of the molecule is C=C/C(C)=C\C=C(/C)S(=O)(=O)/C(C=C)=C/C=C(\C)O/C(C=C)=C/C=C(\C)C(=O)C(=C/C)/C(O)=C\C=C/C. The van der Waals surface area contributed by atoms with E-state index in [0.29, 0.717) is 17.1 Å². The molecule has 0 saturated heterocycles. The maximum atomic E-state index is 12.9. The van der Waals surface area contributed by atoms with Gasteiger partial charge in [0.25, 0.3) is 0 Å². The molecule has 0 aromatic carbocycles. The smallest absolute Gasteiger partial charge is 0.202 e. The molecule has 0 saturated carbocycles. The third-order valence-corrected chi connectivity index (χ3v) is 6.82.